The van der Waals surface area contributed by atoms with Crippen LogP contribution in [0.25, 0.3) is 25.6 Å². The summed E-state index contributed by atoms with van der Waals surface area (Å²) in [6.45, 7) is 2.26. The highest BCUT2D eigenvalue weighted by atomic mass is 32.1. The van der Waals surface area contributed by atoms with Crippen LogP contribution in [0.2, 0.25) is 0 Å². The minimum absolute atomic E-state index is 0.115. The van der Waals surface area contributed by atoms with Gasteiger partial charge < -0.3 is 0 Å². The summed E-state index contributed by atoms with van der Waals surface area (Å²) in [7, 11) is 0. The van der Waals surface area contributed by atoms with Gasteiger partial charge in [0.1, 0.15) is 4.83 Å². The van der Waals surface area contributed by atoms with Gasteiger partial charge in [-0.05, 0) is 19.1 Å². The highest BCUT2D eigenvalue weighted by Gasteiger charge is 2.15. The summed E-state index contributed by atoms with van der Waals surface area (Å²) in [6.07, 6.45) is 3.22. The third-order valence-electron chi connectivity index (χ3n) is 4.26. The molecule has 0 aliphatic rings. The molecular weight excluding hydrogens is 400 g/mol. The van der Waals surface area contributed by atoms with Crippen molar-refractivity contribution in [2.45, 2.75) is 13.5 Å². The molecule has 0 aliphatic carbocycles. The smallest absolute Gasteiger partial charge is 0.263 e. The number of thiazole rings is 1. The molecule has 6 nitrogen and oxygen atoms in total. The first kappa shape index (κ1) is 16.5. The Bertz CT molecular complexity index is 1420. The number of nitrogens with zero attached hydrogens (tertiary/aromatic N) is 4. The molecule has 0 fully saturated rings. The number of aryl methyl sites for hydroxylation is 1. The topological polar surface area (TPSA) is 69.3 Å². The third-order valence-corrected chi connectivity index (χ3v) is 6.93. The molecule has 0 bridgehead atoms. The van der Waals surface area contributed by atoms with Gasteiger partial charge in [-0.25, -0.2) is 9.97 Å². The predicted molar refractivity (Wildman–Crippen MR) is 110 cm³/mol. The number of hydrogen-bond donors (Lipinski definition) is 0. The Hall–Kier alpha value is -2.62. The van der Waals surface area contributed by atoms with E-state index in [0.29, 0.717) is 16.0 Å². The van der Waals surface area contributed by atoms with Crippen molar-refractivity contribution in [2.24, 2.45) is 0 Å². The lowest BCUT2D eigenvalue weighted by atomic mass is 10.2. The van der Waals surface area contributed by atoms with Crippen molar-refractivity contribution in [1.29, 1.82) is 0 Å². The second-order valence-corrected chi connectivity index (χ2v) is 9.08. The van der Waals surface area contributed by atoms with Crippen LogP contribution >= 0.6 is 34.0 Å². The fourth-order valence-corrected chi connectivity index (χ4v) is 5.58. The van der Waals surface area contributed by atoms with Gasteiger partial charge in [-0.3, -0.25) is 18.6 Å². The van der Waals surface area contributed by atoms with Crippen molar-refractivity contribution in [3.05, 3.63) is 72.8 Å². The summed E-state index contributed by atoms with van der Waals surface area (Å²) < 4.78 is 3.01. The quantitative estimate of drug-likeness (QED) is 0.454. The molecular formula is C18H12N4O2S3. The van der Waals surface area contributed by atoms with Crippen LogP contribution < -0.4 is 11.1 Å². The van der Waals surface area contributed by atoms with E-state index in [9.17, 15) is 9.59 Å². The fraction of sp³-hybridized carbons (Fsp3) is 0.111. The zero-order valence-corrected chi connectivity index (χ0v) is 16.5. The van der Waals surface area contributed by atoms with Gasteiger partial charge in [0.25, 0.3) is 11.1 Å². The molecule has 0 radical (unpaired) electrons. The van der Waals surface area contributed by atoms with Crippen LogP contribution in [0.4, 0.5) is 0 Å². The molecule has 5 rings (SSSR count). The first-order chi connectivity index (χ1) is 13.1. The van der Waals surface area contributed by atoms with Crippen LogP contribution in [0, 0.1) is 6.92 Å². The first-order valence-electron chi connectivity index (χ1n) is 8.09. The van der Waals surface area contributed by atoms with Crippen molar-refractivity contribution in [3.63, 3.8) is 0 Å². The van der Waals surface area contributed by atoms with Crippen molar-refractivity contribution in [2.75, 3.05) is 0 Å². The molecule has 27 heavy (non-hydrogen) atoms. The number of rotatable bonds is 3. The van der Waals surface area contributed by atoms with E-state index in [0.717, 1.165) is 15.3 Å². The molecule has 0 saturated heterocycles. The monoisotopic (exact) mass is 412 g/mol. The zero-order valence-electron chi connectivity index (χ0n) is 14.1. The molecule has 0 amide bonds. The SMILES string of the molecule is Cc1ccc(-c2csc3ncn(Cc4cc(=O)n5ccsc5n4)c(=O)c23)s1. The normalized spacial score (nSPS) is 11.6. The summed E-state index contributed by atoms with van der Waals surface area (Å²) in [5.74, 6) is 0. The summed E-state index contributed by atoms with van der Waals surface area (Å²) in [6, 6.07) is 5.55. The van der Waals surface area contributed by atoms with E-state index in [2.05, 4.69) is 9.97 Å². The Balaban J connectivity index is 1.64. The fourth-order valence-electron chi connectivity index (χ4n) is 2.98. The second-order valence-electron chi connectivity index (χ2n) is 6.06. The molecule has 5 heterocycles. The molecule has 9 heteroatoms. The summed E-state index contributed by atoms with van der Waals surface area (Å²) in [4.78, 5) is 37.8. The number of hydrogen-bond acceptors (Lipinski definition) is 7. The maximum atomic E-state index is 13.1. The van der Waals surface area contributed by atoms with Crippen molar-refractivity contribution >= 4 is 49.2 Å². The Kier molecular flexibility index (Phi) is 3.81. The third kappa shape index (κ3) is 2.75. The lowest BCUT2D eigenvalue weighted by molar-refractivity contribution is 0.729. The molecule has 0 atom stereocenters. The maximum absolute atomic E-state index is 13.1. The van der Waals surface area contributed by atoms with Crippen molar-refractivity contribution in [3.8, 4) is 10.4 Å². The van der Waals surface area contributed by atoms with Gasteiger partial charge in [-0.15, -0.1) is 34.0 Å². The predicted octanol–water partition coefficient (Wildman–Crippen LogP) is 3.61. The summed E-state index contributed by atoms with van der Waals surface area (Å²) >= 11 is 4.51. The van der Waals surface area contributed by atoms with Crippen LogP contribution in [0.3, 0.4) is 0 Å². The number of aromatic nitrogens is 4. The molecule has 5 aromatic heterocycles. The van der Waals surface area contributed by atoms with Crippen molar-refractivity contribution < 1.29 is 0 Å². The number of thiophene rings is 2. The van der Waals surface area contributed by atoms with E-state index in [1.807, 2.05) is 29.8 Å². The van der Waals surface area contributed by atoms with Gasteiger partial charge in [0.05, 0.1) is 24.0 Å². The standard InChI is InChI=1S/C18H12N4O2S3/c1-10-2-3-13(27-10)12-8-26-16-15(12)17(24)21(9-19-16)7-11-6-14(23)22-4-5-25-18(22)20-11/h2-6,8-9H,7H2,1H3. The van der Waals surface area contributed by atoms with E-state index in [-0.39, 0.29) is 17.7 Å². The molecule has 134 valence electrons. The zero-order chi connectivity index (χ0) is 18.5. The van der Waals surface area contributed by atoms with Gasteiger partial charge in [0.15, 0.2) is 4.96 Å². The van der Waals surface area contributed by atoms with E-state index in [1.165, 1.54) is 48.9 Å². The van der Waals surface area contributed by atoms with E-state index in [4.69, 9.17) is 0 Å². The Morgan fingerprint density at radius 1 is 1.19 bits per heavy atom. The van der Waals surface area contributed by atoms with Gasteiger partial charge in [0, 0.05) is 38.3 Å². The minimum atomic E-state index is -0.149. The minimum Gasteiger partial charge on any atom is -0.293 e. The van der Waals surface area contributed by atoms with Crippen LogP contribution in [0.15, 0.2) is 51.1 Å². The molecule has 0 unspecified atom stereocenters. The van der Waals surface area contributed by atoms with Gasteiger partial charge >= 0.3 is 0 Å². The van der Waals surface area contributed by atoms with Crippen LogP contribution in [-0.2, 0) is 6.54 Å². The maximum Gasteiger partial charge on any atom is 0.263 e. The van der Waals surface area contributed by atoms with Gasteiger partial charge in [0.2, 0.25) is 0 Å². The van der Waals surface area contributed by atoms with Crippen molar-refractivity contribution in [1.82, 2.24) is 18.9 Å². The highest BCUT2D eigenvalue weighted by molar-refractivity contribution is 7.19. The molecule has 0 saturated carbocycles. The largest absolute Gasteiger partial charge is 0.293 e. The van der Waals surface area contributed by atoms with E-state index < -0.39 is 0 Å². The average Bonchev–Trinajstić information content (AvgIpc) is 3.36. The van der Waals surface area contributed by atoms with Crippen LogP contribution in [0.5, 0.6) is 0 Å². The lowest BCUT2D eigenvalue weighted by Crippen LogP contribution is -2.23. The molecule has 0 N–H and O–H groups in total. The highest BCUT2D eigenvalue weighted by Crippen LogP contribution is 2.34. The second kappa shape index (κ2) is 6.22. The van der Waals surface area contributed by atoms with E-state index >= 15 is 0 Å². The first-order valence-corrected chi connectivity index (χ1v) is 10.7. The van der Waals surface area contributed by atoms with Gasteiger partial charge in [-0.2, -0.15) is 0 Å². The van der Waals surface area contributed by atoms with Crippen LogP contribution in [-0.4, -0.2) is 18.9 Å². The number of fused-ring (bicyclic) bond motifs is 2. The molecule has 0 aromatic carbocycles. The molecule has 0 aliphatic heterocycles. The average molecular weight is 413 g/mol. The Labute approximate surface area is 164 Å². The Morgan fingerprint density at radius 2 is 2.07 bits per heavy atom. The van der Waals surface area contributed by atoms with Crippen LogP contribution in [0.1, 0.15) is 10.6 Å². The Morgan fingerprint density at radius 3 is 2.89 bits per heavy atom. The molecule has 0 spiro atoms. The van der Waals surface area contributed by atoms with Gasteiger partial charge in [-0.1, -0.05) is 0 Å². The molecule has 5 aromatic rings. The summed E-state index contributed by atoms with van der Waals surface area (Å²) in [5.41, 5.74) is 1.20. The summed E-state index contributed by atoms with van der Waals surface area (Å²) in [5, 5.41) is 4.42. The van der Waals surface area contributed by atoms with E-state index in [1.54, 1.807) is 17.5 Å². The lowest BCUT2D eigenvalue weighted by Gasteiger charge is -2.05.